The molecule has 0 saturated carbocycles. The second kappa shape index (κ2) is 11.9. The predicted molar refractivity (Wildman–Crippen MR) is 214 cm³/mol. The number of para-hydroxylation sites is 6. The van der Waals surface area contributed by atoms with Crippen molar-refractivity contribution >= 4 is 60.8 Å². The summed E-state index contributed by atoms with van der Waals surface area (Å²) in [5, 5.41) is 4.70. The van der Waals surface area contributed by atoms with E-state index in [1.165, 1.54) is 21.8 Å². The monoisotopic (exact) mass is 652 g/mol. The van der Waals surface area contributed by atoms with Crippen molar-refractivity contribution in [2.75, 3.05) is 4.90 Å². The van der Waals surface area contributed by atoms with E-state index in [4.69, 9.17) is 4.42 Å². The highest BCUT2D eigenvalue weighted by molar-refractivity contribution is 6.12. The summed E-state index contributed by atoms with van der Waals surface area (Å²) >= 11 is 0. The van der Waals surface area contributed by atoms with Gasteiger partial charge in [0, 0.05) is 49.9 Å². The van der Waals surface area contributed by atoms with Gasteiger partial charge in [-0.1, -0.05) is 115 Å². The molecular formula is C48H32N2O. The van der Waals surface area contributed by atoms with Gasteiger partial charge in [-0.15, -0.1) is 0 Å². The first-order valence-electron chi connectivity index (χ1n) is 17.4. The number of furan rings is 1. The third-order valence-electron chi connectivity index (χ3n) is 9.94. The minimum Gasteiger partial charge on any atom is -0.455 e. The Balaban J connectivity index is 1.24. The summed E-state index contributed by atoms with van der Waals surface area (Å²) in [5.41, 5.74) is 13.0. The van der Waals surface area contributed by atoms with Crippen LogP contribution < -0.4 is 4.90 Å². The number of aromatic nitrogens is 1. The maximum absolute atomic E-state index is 6.59. The van der Waals surface area contributed by atoms with E-state index >= 15 is 0 Å². The smallest absolute Gasteiger partial charge is 0.143 e. The van der Waals surface area contributed by atoms with Gasteiger partial charge < -0.3 is 13.9 Å². The first-order chi connectivity index (χ1) is 25.3. The second-order valence-corrected chi connectivity index (χ2v) is 13.0. The molecule has 51 heavy (non-hydrogen) atoms. The molecule has 0 aliphatic heterocycles. The zero-order valence-electron chi connectivity index (χ0n) is 27.8. The topological polar surface area (TPSA) is 21.3 Å². The van der Waals surface area contributed by atoms with E-state index in [1.54, 1.807) is 0 Å². The van der Waals surface area contributed by atoms with Crippen molar-refractivity contribution < 1.29 is 4.42 Å². The lowest BCUT2D eigenvalue weighted by atomic mass is 9.95. The van der Waals surface area contributed by atoms with E-state index in [0.717, 1.165) is 66.9 Å². The van der Waals surface area contributed by atoms with Crippen molar-refractivity contribution in [2.24, 2.45) is 0 Å². The van der Waals surface area contributed by atoms with Crippen molar-refractivity contribution in [3.05, 3.63) is 194 Å². The molecule has 2 heterocycles. The number of hydrogen-bond donors (Lipinski definition) is 0. The van der Waals surface area contributed by atoms with Crippen LogP contribution in [0.1, 0.15) is 0 Å². The van der Waals surface area contributed by atoms with Crippen LogP contribution in [-0.4, -0.2) is 4.57 Å². The Hall–Kier alpha value is -6.84. The molecule has 10 rings (SSSR count). The Kier molecular flexibility index (Phi) is 6.81. The van der Waals surface area contributed by atoms with Crippen molar-refractivity contribution in [1.29, 1.82) is 0 Å². The summed E-state index contributed by atoms with van der Waals surface area (Å²) in [4.78, 5) is 2.34. The van der Waals surface area contributed by atoms with Crippen LogP contribution in [0.25, 0.3) is 71.7 Å². The van der Waals surface area contributed by atoms with E-state index in [2.05, 4.69) is 198 Å². The van der Waals surface area contributed by atoms with Crippen LogP contribution in [0.5, 0.6) is 0 Å². The molecule has 0 unspecified atom stereocenters. The van der Waals surface area contributed by atoms with Crippen molar-refractivity contribution in [3.63, 3.8) is 0 Å². The Bertz CT molecular complexity index is 2810. The van der Waals surface area contributed by atoms with E-state index in [0.29, 0.717) is 0 Å². The lowest BCUT2D eigenvalue weighted by Crippen LogP contribution is -2.10. The molecule has 0 fully saturated rings. The number of fused-ring (bicyclic) bond motifs is 6. The Labute approximate surface area is 295 Å². The van der Waals surface area contributed by atoms with Gasteiger partial charge >= 0.3 is 0 Å². The van der Waals surface area contributed by atoms with E-state index in [-0.39, 0.29) is 0 Å². The van der Waals surface area contributed by atoms with Crippen LogP contribution in [-0.2, 0) is 0 Å². The molecule has 240 valence electrons. The van der Waals surface area contributed by atoms with Crippen molar-refractivity contribution in [2.45, 2.75) is 0 Å². The average Bonchev–Trinajstić information content (AvgIpc) is 3.75. The van der Waals surface area contributed by atoms with Crippen LogP contribution in [0.4, 0.5) is 17.1 Å². The predicted octanol–water partition coefficient (Wildman–Crippen LogP) is 13.5. The molecule has 0 spiro atoms. The summed E-state index contributed by atoms with van der Waals surface area (Å²) in [6.07, 6.45) is 0. The van der Waals surface area contributed by atoms with Crippen molar-refractivity contribution in [3.8, 4) is 27.9 Å². The van der Waals surface area contributed by atoms with Gasteiger partial charge in [-0.3, -0.25) is 0 Å². The molecule has 0 bridgehead atoms. The average molecular weight is 653 g/mol. The van der Waals surface area contributed by atoms with Gasteiger partial charge in [0.05, 0.1) is 11.0 Å². The zero-order valence-corrected chi connectivity index (χ0v) is 27.8. The number of benzene rings is 8. The van der Waals surface area contributed by atoms with Crippen LogP contribution in [0.3, 0.4) is 0 Å². The highest BCUT2D eigenvalue weighted by atomic mass is 16.3. The van der Waals surface area contributed by atoms with E-state index in [9.17, 15) is 0 Å². The first-order valence-corrected chi connectivity index (χ1v) is 17.4. The molecule has 0 radical (unpaired) electrons. The molecule has 0 amide bonds. The van der Waals surface area contributed by atoms with Crippen molar-refractivity contribution in [1.82, 2.24) is 4.57 Å². The Morgan fingerprint density at radius 3 is 1.75 bits per heavy atom. The molecule has 8 aromatic carbocycles. The molecule has 0 saturated heterocycles. The molecule has 10 aromatic rings. The summed E-state index contributed by atoms with van der Waals surface area (Å²) in [6.45, 7) is 0. The molecule has 0 aliphatic carbocycles. The quantitative estimate of drug-likeness (QED) is 0.178. The van der Waals surface area contributed by atoms with Crippen LogP contribution in [0.15, 0.2) is 199 Å². The highest BCUT2D eigenvalue weighted by Gasteiger charge is 2.19. The Morgan fingerprint density at radius 1 is 0.373 bits per heavy atom. The summed E-state index contributed by atoms with van der Waals surface area (Å²) in [7, 11) is 0. The van der Waals surface area contributed by atoms with E-state index in [1.807, 2.05) is 6.07 Å². The zero-order chi connectivity index (χ0) is 33.7. The van der Waals surface area contributed by atoms with Gasteiger partial charge in [-0.2, -0.15) is 0 Å². The molecule has 0 N–H and O–H groups in total. The minimum absolute atomic E-state index is 0.895. The lowest BCUT2D eigenvalue weighted by molar-refractivity contribution is 0.670. The van der Waals surface area contributed by atoms with Crippen LogP contribution in [0, 0.1) is 0 Å². The van der Waals surface area contributed by atoms with E-state index < -0.39 is 0 Å². The fourth-order valence-electron chi connectivity index (χ4n) is 7.65. The summed E-state index contributed by atoms with van der Waals surface area (Å²) < 4.78 is 8.95. The van der Waals surface area contributed by atoms with Crippen LogP contribution >= 0.6 is 0 Å². The summed E-state index contributed by atoms with van der Waals surface area (Å²) in [5.74, 6) is 0. The van der Waals surface area contributed by atoms with Gasteiger partial charge in [-0.05, 0) is 95.6 Å². The molecule has 0 atom stereocenters. The molecule has 2 aromatic heterocycles. The number of anilines is 3. The minimum atomic E-state index is 0.895. The molecular weight excluding hydrogens is 621 g/mol. The highest BCUT2D eigenvalue weighted by Crippen LogP contribution is 2.43. The maximum Gasteiger partial charge on any atom is 0.143 e. The fourth-order valence-corrected chi connectivity index (χ4v) is 7.65. The standard InChI is InChI=1S/C48H32N2O/c1-4-15-36(16-5-1)49(37-17-6-2-7-18-37)39-30-34(29-35(31-39)40-23-14-24-43-42-22-11-13-26-47(42)51-48(40)43)33-27-28-46-44(32-33)41-21-10-12-25-45(41)50(46)38-19-8-3-9-20-38/h1-32H. The first kappa shape index (κ1) is 29.1. The second-order valence-electron chi connectivity index (χ2n) is 13.0. The van der Waals surface area contributed by atoms with Gasteiger partial charge in [0.15, 0.2) is 0 Å². The van der Waals surface area contributed by atoms with Gasteiger partial charge in [0.2, 0.25) is 0 Å². The largest absolute Gasteiger partial charge is 0.455 e. The lowest BCUT2D eigenvalue weighted by Gasteiger charge is -2.26. The third kappa shape index (κ3) is 4.90. The number of nitrogens with zero attached hydrogens (tertiary/aromatic N) is 2. The summed E-state index contributed by atoms with van der Waals surface area (Å²) in [6, 6.07) is 69.2. The van der Waals surface area contributed by atoms with Gasteiger partial charge in [0.1, 0.15) is 11.2 Å². The van der Waals surface area contributed by atoms with Crippen LogP contribution in [0.2, 0.25) is 0 Å². The molecule has 3 nitrogen and oxygen atoms in total. The maximum atomic E-state index is 6.59. The normalized spacial score (nSPS) is 11.5. The van der Waals surface area contributed by atoms with Gasteiger partial charge in [-0.25, -0.2) is 0 Å². The van der Waals surface area contributed by atoms with Gasteiger partial charge in [0.25, 0.3) is 0 Å². The molecule has 0 aliphatic rings. The SMILES string of the molecule is c1ccc(N(c2ccccc2)c2cc(-c3ccc4c(c3)c3ccccc3n4-c3ccccc3)cc(-c3cccc4c3oc3ccccc34)c2)cc1. The Morgan fingerprint density at radius 2 is 0.980 bits per heavy atom. The molecule has 3 heteroatoms. The third-order valence-corrected chi connectivity index (χ3v) is 9.94. The fraction of sp³-hybridized carbons (Fsp3) is 0. The number of rotatable bonds is 6. The number of hydrogen-bond acceptors (Lipinski definition) is 2.